The molecule has 0 aromatic carbocycles. The molecule has 0 unspecified atom stereocenters. The second-order valence-corrected chi connectivity index (χ2v) is 17.3. The Balaban J connectivity index is 0.000000147. The molecule has 5 nitrogen and oxygen atoms in total. The first-order valence-corrected chi connectivity index (χ1v) is 18.3. The van der Waals surface area contributed by atoms with Gasteiger partial charge in [-0.1, -0.05) is 13.8 Å². The van der Waals surface area contributed by atoms with Crippen molar-refractivity contribution in [2.45, 2.75) is 145 Å². The molecule has 5 aliphatic heterocycles. The first kappa shape index (κ1) is 34.7. The lowest BCUT2D eigenvalue weighted by atomic mass is 9.64. The van der Waals surface area contributed by atoms with Crippen molar-refractivity contribution in [3.63, 3.8) is 0 Å². The molecule has 1 aliphatic carbocycles. The topological polar surface area (TPSA) is 22.2 Å². The molecule has 42 heavy (non-hydrogen) atoms. The average molecular weight is 589 g/mol. The Morgan fingerprint density at radius 1 is 0.452 bits per heavy atom. The zero-order valence-electron chi connectivity index (χ0n) is 29.9. The highest BCUT2D eigenvalue weighted by Crippen LogP contribution is 2.48. The van der Waals surface area contributed by atoms with E-state index in [4.69, 9.17) is 4.74 Å². The van der Waals surface area contributed by atoms with E-state index in [1.807, 2.05) is 0 Å². The van der Waals surface area contributed by atoms with Gasteiger partial charge in [0.1, 0.15) is 0 Å². The lowest BCUT2D eigenvalue weighted by Gasteiger charge is -2.62. The molecule has 6 rings (SSSR count). The van der Waals surface area contributed by atoms with Crippen LogP contribution in [0.1, 0.15) is 121 Å². The number of hydrogen-bond acceptors (Lipinski definition) is 5. The van der Waals surface area contributed by atoms with E-state index in [-0.39, 0.29) is 0 Å². The molecule has 0 bridgehead atoms. The molecular weight excluding hydrogens is 516 g/mol. The average Bonchev–Trinajstić information content (AvgIpc) is 2.87. The minimum absolute atomic E-state index is 0.603. The maximum absolute atomic E-state index is 5.29. The number of rotatable bonds is 5. The molecule has 0 N–H and O–H groups in total. The van der Waals surface area contributed by atoms with Crippen molar-refractivity contribution >= 4 is 0 Å². The Morgan fingerprint density at radius 2 is 0.810 bits per heavy atom. The first-order chi connectivity index (χ1) is 19.8. The van der Waals surface area contributed by atoms with Crippen molar-refractivity contribution in [3.05, 3.63) is 0 Å². The number of piperidine rings is 2. The molecule has 6 aliphatic rings. The fourth-order valence-electron chi connectivity index (χ4n) is 8.69. The van der Waals surface area contributed by atoms with Crippen LogP contribution >= 0.6 is 0 Å². The number of ether oxygens (including phenoxy) is 1. The van der Waals surface area contributed by atoms with Crippen LogP contribution in [-0.4, -0.2) is 109 Å². The molecule has 1 saturated carbocycles. The Bertz CT molecular complexity index is 726. The molecule has 5 heteroatoms. The standard InChI is InChI=1S/C16H31N.C11H22N2.C10H19NO/c1-13(2)15-5-7-16(8-6-15)9-11-17(12-10-16)14(3)4;1-9(2)12-5-11(6-12)7-13(8-11)10(3)4;1-9(2)11-5-3-10(4-6-11)7-12-8-10/h13-15H,5-12H2,1-4H3;9-10H,5-8H2,1-4H3;9H,3-8H2,1-2H3. The van der Waals surface area contributed by atoms with Crippen LogP contribution in [0.3, 0.4) is 0 Å². The van der Waals surface area contributed by atoms with E-state index in [1.165, 1.54) is 104 Å². The lowest BCUT2D eigenvalue weighted by molar-refractivity contribution is -0.141. The van der Waals surface area contributed by atoms with Gasteiger partial charge in [0.25, 0.3) is 0 Å². The van der Waals surface area contributed by atoms with Crippen molar-refractivity contribution in [2.24, 2.45) is 28.1 Å². The quantitative estimate of drug-likeness (QED) is 0.336. The summed E-state index contributed by atoms with van der Waals surface area (Å²) in [6, 6.07) is 2.97. The van der Waals surface area contributed by atoms with Crippen molar-refractivity contribution in [1.82, 2.24) is 19.6 Å². The van der Waals surface area contributed by atoms with Gasteiger partial charge < -0.3 is 14.5 Å². The van der Waals surface area contributed by atoms with E-state index in [9.17, 15) is 0 Å². The second kappa shape index (κ2) is 14.5. The summed E-state index contributed by atoms with van der Waals surface area (Å²) in [6.45, 7) is 35.9. The van der Waals surface area contributed by atoms with Crippen LogP contribution in [-0.2, 0) is 4.74 Å². The van der Waals surface area contributed by atoms with Gasteiger partial charge in [0.2, 0.25) is 0 Å². The molecule has 0 amide bonds. The van der Waals surface area contributed by atoms with Crippen molar-refractivity contribution in [2.75, 3.05) is 65.6 Å². The Hall–Kier alpha value is -0.200. The molecule has 0 aromatic rings. The van der Waals surface area contributed by atoms with E-state index in [1.54, 1.807) is 0 Å². The van der Waals surface area contributed by atoms with Crippen LogP contribution < -0.4 is 0 Å². The summed E-state index contributed by atoms with van der Waals surface area (Å²) in [7, 11) is 0. The Labute approximate surface area is 262 Å². The Kier molecular flexibility index (Phi) is 12.0. The summed E-state index contributed by atoms with van der Waals surface area (Å²) in [5, 5.41) is 0. The van der Waals surface area contributed by atoms with Crippen LogP contribution in [0, 0.1) is 28.1 Å². The molecular formula is C37H72N4O. The molecule has 0 aromatic heterocycles. The maximum atomic E-state index is 5.29. The highest BCUT2D eigenvalue weighted by Gasteiger charge is 2.52. The van der Waals surface area contributed by atoms with Crippen molar-refractivity contribution in [1.29, 1.82) is 0 Å². The summed E-state index contributed by atoms with van der Waals surface area (Å²) in [6.07, 6.45) is 11.7. The molecule has 3 spiro atoms. The van der Waals surface area contributed by atoms with Crippen molar-refractivity contribution < 1.29 is 4.74 Å². The summed E-state index contributed by atoms with van der Waals surface area (Å²) in [5.74, 6) is 1.92. The van der Waals surface area contributed by atoms with Crippen LogP contribution in [0.2, 0.25) is 0 Å². The molecule has 246 valence electrons. The zero-order chi connectivity index (χ0) is 30.7. The van der Waals surface area contributed by atoms with E-state index < -0.39 is 0 Å². The SMILES string of the molecule is CC(C)C1CCC2(CC1)CCN(C(C)C)CC2.CC(C)N1CC2(C1)CN(C(C)C)C2.CC(C)N1CCC2(CC1)COC2. The van der Waals surface area contributed by atoms with Crippen LogP contribution in [0.4, 0.5) is 0 Å². The summed E-state index contributed by atoms with van der Waals surface area (Å²) in [4.78, 5) is 10.4. The minimum Gasteiger partial charge on any atom is -0.380 e. The lowest BCUT2D eigenvalue weighted by Crippen LogP contribution is -2.73. The van der Waals surface area contributed by atoms with E-state index in [0.717, 1.165) is 54.6 Å². The minimum atomic E-state index is 0.603. The third-order valence-electron chi connectivity index (χ3n) is 12.6. The molecule has 0 atom stereocenters. The van der Waals surface area contributed by atoms with Crippen LogP contribution in [0.5, 0.6) is 0 Å². The van der Waals surface area contributed by atoms with E-state index in [0.29, 0.717) is 10.8 Å². The zero-order valence-corrected chi connectivity index (χ0v) is 29.9. The molecule has 0 radical (unpaired) electrons. The summed E-state index contributed by atoms with van der Waals surface area (Å²) in [5.41, 5.74) is 2.05. The van der Waals surface area contributed by atoms with Gasteiger partial charge >= 0.3 is 0 Å². The normalized spacial score (nSPS) is 28.1. The van der Waals surface area contributed by atoms with Gasteiger partial charge in [-0.15, -0.1) is 0 Å². The smallest absolute Gasteiger partial charge is 0.0545 e. The summed E-state index contributed by atoms with van der Waals surface area (Å²) >= 11 is 0. The van der Waals surface area contributed by atoms with Crippen LogP contribution in [0.15, 0.2) is 0 Å². The first-order valence-electron chi connectivity index (χ1n) is 18.3. The number of likely N-dealkylation sites (tertiary alicyclic amines) is 4. The van der Waals surface area contributed by atoms with Gasteiger partial charge in [0.15, 0.2) is 0 Å². The predicted molar refractivity (Wildman–Crippen MR) is 180 cm³/mol. The fraction of sp³-hybridized carbons (Fsp3) is 1.00. The maximum Gasteiger partial charge on any atom is 0.0545 e. The van der Waals surface area contributed by atoms with Gasteiger partial charge in [-0.2, -0.15) is 0 Å². The molecule has 5 saturated heterocycles. The number of nitrogens with zero attached hydrogens (tertiary/aromatic N) is 4. The summed E-state index contributed by atoms with van der Waals surface area (Å²) < 4.78 is 5.29. The largest absolute Gasteiger partial charge is 0.380 e. The van der Waals surface area contributed by atoms with Crippen LogP contribution in [0.25, 0.3) is 0 Å². The van der Waals surface area contributed by atoms with E-state index in [2.05, 4.69) is 88.8 Å². The van der Waals surface area contributed by atoms with Gasteiger partial charge in [0, 0.05) is 61.2 Å². The highest BCUT2D eigenvalue weighted by molar-refractivity contribution is 5.06. The molecule has 6 fully saturated rings. The van der Waals surface area contributed by atoms with E-state index >= 15 is 0 Å². The van der Waals surface area contributed by atoms with Gasteiger partial charge in [0.05, 0.1) is 13.2 Å². The fourth-order valence-corrected chi connectivity index (χ4v) is 8.69. The van der Waals surface area contributed by atoms with Gasteiger partial charge in [-0.05, 0) is 150 Å². The van der Waals surface area contributed by atoms with Crippen molar-refractivity contribution in [3.8, 4) is 0 Å². The predicted octanol–water partition coefficient (Wildman–Crippen LogP) is 7.25. The number of hydrogen-bond donors (Lipinski definition) is 0. The van der Waals surface area contributed by atoms with Gasteiger partial charge in [-0.25, -0.2) is 0 Å². The highest BCUT2D eigenvalue weighted by atomic mass is 16.5. The second-order valence-electron chi connectivity index (χ2n) is 17.3. The third kappa shape index (κ3) is 8.53. The molecule has 5 heterocycles. The third-order valence-corrected chi connectivity index (χ3v) is 12.6. The van der Waals surface area contributed by atoms with Gasteiger partial charge in [-0.3, -0.25) is 9.80 Å². The Morgan fingerprint density at radius 3 is 1.10 bits per heavy atom. The monoisotopic (exact) mass is 589 g/mol.